The molecule has 1 rings (SSSR count). The summed E-state index contributed by atoms with van der Waals surface area (Å²) in [4.78, 5) is 5.33. The van der Waals surface area contributed by atoms with Gasteiger partial charge in [0, 0.05) is 25.7 Å². The van der Waals surface area contributed by atoms with Crippen LogP contribution < -0.4 is 5.73 Å². The van der Waals surface area contributed by atoms with Crippen molar-refractivity contribution < 1.29 is 0 Å². The third-order valence-electron chi connectivity index (χ3n) is 4.38. The summed E-state index contributed by atoms with van der Waals surface area (Å²) in [5, 5.41) is 0. The summed E-state index contributed by atoms with van der Waals surface area (Å²) in [6, 6.07) is 0.707. The van der Waals surface area contributed by atoms with Gasteiger partial charge in [-0.3, -0.25) is 4.90 Å². The van der Waals surface area contributed by atoms with Gasteiger partial charge in [-0.2, -0.15) is 0 Å². The number of nitrogens with two attached hydrogens (primary N) is 1. The molecule has 0 aliphatic carbocycles. The molecule has 108 valence electrons. The fourth-order valence-corrected chi connectivity index (χ4v) is 2.95. The predicted molar refractivity (Wildman–Crippen MR) is 79.8 cm³/mol. The van der Waals surface area contributed by atoms with Crippen molar-refractivity contribution in [2.45, 2.75) is 52.5 Å². The molecule has 2 N–H and O–H groups in total. The third kappa shape index (κ3) is 5.25. The summed E-state index contributed by atoms with van der Waals surface area (Å²) >= 11 is 0. The summed E-state index contributed by atoms with van der Waals surface area (Å²) in [6.07, 6.45) is 5.01. The molecule has 0 bridgehead atoms. The summed E-state index contributed by atoms with van der Waals surface area (Å²) < 4.78 is 0. The minimum Gasteiger partial charge on any atom is -0.330 e. The molecule has 1 heterocycles. The van der Waals surface area contributed by atoms with E-state index in [0.717, 1.165) is 18.9 Å². The second kappa shape index (κ2) is 8.89. The van der Waals surface area contributed by atoms with Crippen molar-refractivity contribution in [1.82, 2.24) is 9.80 Å². The van der Waals surface area contributed by atoms with Gasteiger partial charge in [0.05, 0.1) is 0 Å². The van der Waals surface area contributed by atoms with Crippen LogP contribution >= 0.6 is 0 Å². The van der Waals surface area contributed by atoms with Crippen LogP contribution in [0.15, 0.2) is 0 Å². The molecule has 0 aromatic heterocycles. The van der Waals surface area contributed by atoms with Crippen molar-refractivity contribution in [3.05, 3.63) is 0 Å². The zero-order chi connectivity index (χ0) is 13.4. The summed E-state index contributed by atoms with van der Waals surface area (Å²) in [5.74, 6) is 0.836. The van der Waals surface area contributed by atoms with Crippen LogP contribution in [0.3, 0.4) is 0 Å². The normalized spacial score (nSPS) is 22.7. The highest BCUT2D eigenvalue weighted by Gasteiger charge is 2.20. The summed E-state index contributed by atoms with van der Waals surface area (Å²) in [7, 11) is 0. The van der Waals surface area contributed by atoms with Crippen LogP contribution in [0.2, 0.25) is 0 Å². The van der Waals surface area contributed by atoms with Crippen LogP contribution in [0.1, 0.15) is 46.5 Å². The fraction of sp³-hybridized carbons (Fsp3) is 1.00. The molecule has 1 aliphatic rings. The SMILES string of the molecule is CCC(C)CN1CCCN(C(CC)CCN)CC1. The quantitative estimate of drug-likeness (QED) is 0.757. The van der Waals surface area contributed by atoms with Gasteiger partial charge in [0.2, 0.25) is 0 Å². The van der Waals surface area contributed by atoms with Crippen molar-refractivity contribution in [2.24, 2.45) is 11.7 Å². The molecule has 1 saturated heterocycles. The van der Waals surface area contributed by atoms with Crippen LogP contribution in [-0.4, -0.2) is 55.1 Å². The monoisotopic (exact) mass is 255 g/mol. The second-order valence-corrected chi connectivity index (χ2v) is 5.84. The Balaban J connectivity index is 2.39. The van der Waals surface area contributed by atoms with E-state index in [-0.39, 0.29) is 0 Å². The summed E-state index contributed by atoms with van der Waals surface area (Å²) in [5.41, 5.74) is 5.72. The van der Waals surface area contributed by atoms with E-state index in [1.54, 1.807) is 0 Å². The minimum absolute atomic E-state index is 0.707. The van der Waals surface area contributed by atoms with Crippen LogP contribution in [0.5, 0.6) is 0 Å². The fourth-order valence-electron chi connectivity index (χ4n) is 2.95. The number of rotatable bonds is 7. The zero-order valence-corrected chi connectivity index (χ0v) is 12.7. The molecular formula is C15H33N3. The lowest BCUT2D eigenvalue weighted by Crippen LogP contribution is -2.39. The number of hydrogen-bond donors (Lipinski definition) is 1. The van der Waals surface area contributed by atoms with E-state index in [0.29, 0.717) is 6.04 Å². The standard InChI is InChI=1S/C15H33N3/c1-4-14(3)13-17-9-6-10-18(12-11-17)15(5-2)7-8-16/h14-15H,4-13,16H2,1-3H3. The zero-order valence-electron chi connectivity index (χ0n) is 12.7. The highest BCUT2D eigenvalue weighted by Crippen LogP contribution is 2.13. The van der Waals surface area contributed by atoms with E-state index in [1.807, 2.05) is 0 Å². The Hall–Kier alpha value is -0.120. The molecule has 0 aromatic rings. The minimum atomic E-state index is 0.707. The number of hydrogen-bond acceptors (Lipinski definition) is 3. The Labute approximate surface area is 114 Å². The average molecular weight is 255 g/mol. The molecule has 2 atom stereocenters. The maximum Gasteiger partial charge on any atom is 0.0112 e. The van der Waals surface area contributed by atoms with Gasteiger partial charge in [-0.15, -0.1) is 0 Å². The van der Waals surface area contributed by atoms with Gasteiger partial charge < -0.3 is 10.6 Å². The van der Waals surface area contributed by atoms with Gasteiger partial charge >= 0.3 is 0 Å². The van der Waals surface area contributed by atoms with Gasteiger partial charge in [0.15, 0.2) is 0 Å². The lowest BCUT2D eigenvalue weighted by atomic mass is 10.1. The maximum absolute atomic E-state index is 5.72. The Morgan fingerprint density at radius 3 is 2.44 bits per heavy atom. The highest BCUT2D eigenvalue weighted by atomic mass is 15.2. The molecule has 0 amide bonds. The Bertz CT molecular complexity index is 208. The highest BCUT2D eigenvalue weighted by molar-refractivity contribution is 4.77. The van der Waals surface area contributed by atoms with E-state index in [4.69, 9.17) is 5.73 Å². The van der Waals surface area contributed by atoms with E-state index < -0.39 is 0 Å². The first-order valence-corrected chi connectivity index (χ1v) is 7.87. The van der Waals surface area contributed by atoms with Crippen LogP contribution in [0.4, 0.5) is 0 Å². The largest absolute Gasteiger partial charge is 0.330 e. The van der Waals surface area contributed by atoms with Crippen molar-refractivity contribution >= 4 is 0 Å². The molecule has 1 aliphatic heterocycles. The van der Waals surface area contributed by atoms with Crippen molar-refractivity contribution in [3.8, 4) is 0 Å². The molecule has 2 unspecified atom stereocenters. The first-order chi connectivity index (χ1) is 8.71. The van der Waals surface area contributed by atoms with E-state index in [2.05, 4.69) is 30.6 Å². The molecule has 0 radical (unpaired) electrons. The lowest BCUT2D eigenvalue weighted by Gasteiger charge is -2.30. The Morgan fingerprint density at radius 2 is 1.83 bits per heavy atom. The van der Waals surface area contributed by atoms with Crippen molar-refractivity contribution in [3.63, 3.8) is 0 Å². The predicted octanol–water partition coefficient (Wildman–Crippen LogP) is 2.17. The molecule has 3 heteroatoms. The van der Waals surface area contributed by atoms with Gasteiger partial charge in [-0.05, 0) is 44.8 Å². The molecule has 0 aromatic carbocycles. The molecule has 0 spiro atoms. The third-order valence-corrected chi connectivity index (χ3v) is 4.38. The lowest BCUT2D eigenvalue weighted by molar-refractivity contribution is 0.181. The smallest absolute Gasteiger partial charge is 0.0112 e. The summed E-state index contributed by atoms with van der Waals surface area (Å²) in [6.45, 7) is 14.1. The first-order valence-electron chi connectivity index (χ1n) is 7.87. The van der Waals surface area contributed by atoms with Crippen molar-refractivity contribution in [2.75, 3.05) is 39.3 Å². The molecule has 0 saturated carbocycles. The topological polar surface area (TPSA) is 32.5 Å². The second-order valence-electron chi connectivity index (χ2n) is 5.84. The van der Waals surface area contributed by atoms with Gasteiger partial charge in [-0.1, -0.05) is 27.2 Å². The van der Waals surface area contributed by atoms with Gasteiger partial charge in [0.25, 0.3) is 0 Å². The average Bonchev–Trinajstić information content (AvgIpc) is 2.61. The Morgan fingerprint density at radius 1 is 1.06 bits per heavy atom. The molecule has 3 nitrogen and oxygen atoms in total. The van der Waals surface area contributed by atoms with E-state index >= 15 is 0 Å². The van der Waals surface area contributed by atoms with E-state index in [1.165, 1.54) is 52.0 Å². The first kappa shape index (κ1) is 15.9. The van der Waals surface area contributed by atoms with Crippen LogP contribution in [0, 0.1) is 5.92 Å². The maximum atomic E-state index is 5.72. The van der Waals surface area contributed by atoms with E-state index in [9.17, 15) is 0 Å². The van der Waals surface area contributed by atoms with Crippen LogP contribution in [-0.2, 0) is 0 Å². The molecule has 1 fully saturated rings. The van der Waals surface area contributed by atoms with Gasteiger partial charge in [0.1, 0.15) is 0 Å². The number of nitrogens with zero attached hydrogens (tertiary/aromatic N) is 2. The molecular weight excluding hydrogens is 222 g/mol. The van der Waals surface area contributed by atoms with Crippen molar-refractivity contribution in [1.29, 1.82) is 0 Å². The van der Waals surface area contributed by atoms with Crippen LogP contribution in [0.25, 0.3) is 0 Å². The Kier molecular flexibility index (Phi) is 7.87. The van der Waals surface area contributed by atoms with Gasteiger partial charge in [-0.25, -0.2) is 0 Å². The molecule has 18 heavy (non-hydrogen) atoms.